The molecule has 3 rings (SSSR count). The van der Waals surface area contributed by atoms with Crippen LogP contribution in [0.25, 0.3) is 0 Å². The molecule has 1 aromatic heterocycles. The first-order valence-corrected chi connectivity index (χ1v) is 9.43. The highest BCUT2D eigenvalue weighted by atomic mass is 32.2. The highest BCUT2D eigenvalue weighted by molar-refractivity contribution is 7.99. The Morgan fingerprint density at radius 1 is 1.44 bits per heavy atom. The van der Waals surface area contributed by atoms with Gasteiger partial charge in [-0.15, -0.1) is 5.10 Å². The van der Waals surface area contributed by atoms with Gasteiger partial charge >= 0.3 is 5.97 Å². The normalized spacial score (nSPS) is 15.9. The SMILES string of the molecule is CCOC(=O)C1=C(C)Nc2nc(SCC)nn2[C@H]1c1cccc([N+](=O)[O-])c1. The van der Waals surface area contributed by atoms with Gasteiger partial charge in [0.05, 0.1) is 17.1 Å². The molecule has 1 aliphatic rings. The number of carbonyl (C=O) groups is 1. The van der Waals surface area contributed by atoms with Gasteiger partial charge in [0.25, 0.3) is 5.69 Å². The summed E-state index contributed by atoms with van der Waals surface area (Å²) < 4.78 is 6.79. The molecule has 1 atom stereocenters. The van der Waals surface area contributed by atoms with E-state index in [2.05, 4.69) is 15.4 Å². The second kappa shape index (κ2) is 7.78. The number of carbonyl (C=O) groups excluding carboxylic acids is 1. The summed E-state index contributed by atoms with van der Waals surface area (Å²) in [6.07, 6.45) is 0. The molecule has 0 fully saturated rings. The highest BCUT2D eigenvalue weighted by Gasteiger charge is 2.35. The third kappa shape index (κ3) is 3.65. The zero-order valence-electron chi connectivity index (χ0n) is 15.1. The number of hydrogen-bond donors (Lipinski definition) is 1. The van der Waals surface area contributed by atoms with Crippen molar-refractivity contribution in [3.63, 3.8) is 0 Å². The molecule has 2 aromatic rings. The fraction of sp³-hybridized carbons (Fsp3) is 0.353. The number of ether oxygens (including phenoxy) is 1. The van der Waals surface area contributed by atoms with E-state index in [1.165, 1.54) is 23.9 Å². The topological polar surface area (TPSA) is 112 Å². The van der Waals surface area contributed by atoms with E-state index in [1.54, 1.807) is 30.7 Å². The molecule has 0 saturated carbocycles. The molecule has 2 heterocycles. The summed E-state index contributed by atoms with van der Waals surface area (Å²) in [5.74, 6) is 0.778. The predicted molar refractivity (Wildman–Crippen MR) is 101 cm³/mol. The molecule has 9 nitrogen and oxygen atoms in total. The third-order valence-electron chi connectivity index (χ3n) is 4.00. The van der Waals surface area contributed by atoms with Crippen LogP contribution in [-0.2, 0) is 9.53 Å². The number of nitro benzene ring substituents is 1. The van der Waals surface area contributed by atoms with Crippen LogP contribution in [0.3, 0.4) is 0 Å². The second-order valence-electron chi connectivity index (χ2n) is 5.73. The van der Waals surface area contributed by atoms with Gasteiger partial charge in [0, 0.05) is 17.8 Å². The quantitative estimate of drug-likeness (QED) is 0.347. The maximum absolute atomic E-state index is 12.6. The van der Waals surface area contributed by atoms with Gasteiger partial charge in [0.15, 0.2) is 0 Å². The number of non-ortho nitro benzene ring substituents is 1. The lowest BCUT2D eigenvalue weighted by atomic mass is 9.95. The molecule has 0 bridgehead atoms. The van der Waals surface area contributed by atoms with Crippen LogP contribution in [0.4, 0.5) is 11.6 Å². The van der Waals surface area contributed by atoms with E-state index in [4.69, 9.17) is 4.74 Å². The van der Waals surface area contributed by atoms with Gasteiger partial charge in [-0.2, -0.15) is 4.98 Å². The number of anilines is 1. The zero-order chi connectivity index (χ0) is 19.6. The van der Waals surface area contributed by atoms with E-state index >= 15 is 0 Å². The van der Waals surface area contributed by atoms with Crippen LogP contribution in [0.5, 0.6) is 0 Å². The summed E-state index contributed by atoms with van der Waals surface area (Å²) in [5.41, 5.74) is 1.43. The van der Waals surface area contributed by atoms with Gasteiger partial charge < -0.3 is 10.1 Å². The Labute approximate surface area is 160 Å². The number of nitro groups is 1. The molecule has 0 unspecified atom stereocenters. The van der Waals surface area contributed by atoms with Crippen LogP contribution in [-0.4, -0.2) is 38.0 Å². The minimum absolute atomic E-state index is 0.0586. The number of aromatic nitrogens is 3. The van der Waals surface area contributed by atoms with E-state index < -0.39 is 16.9 Å². The molecular weight excluding hydrogens is 370 g/mol. The van der Waals surface area contributed by atoms with Crippen LogP contribution in [0.1, 0.15) is 32.4 Å². The van der Waals surface area contributed by atoms with Crippen LogP contribution >= 0.6 is 11.8 Å². The average molecular weight is 389 g/mol. The maximum Gasteiger partial charge on any atom is 0.338 e. The minimum atomic E-state index is -0.668. The fourth-order valence-corrected chi connectivity index (χ4v) is 3.47. The van der Waals surface area contributed by atoms with Crippen LogP contribution in [0, 0.1) is 10.1 Å². The third-order valence-corrected chi connectivity index (χ3v) is 4.72. The molecule has 1 N–H and O–H groups in total. The second-order valence-corrected chi connectivity index (χ2v) is 6.97. The number of nitrogens with one attached hydrogen (secondary N) is 1. The number of allylic oxidation sites excluding steroid dienone is 1. The summed E-state index contributed by atoms with van der Waals surface area (Å²) in [6.45, 7) is 5.69. The van der Waals surface area contributed by atoms with E-state index in [0.29, 0.717) is 27.9 Å². The van der Waals surface area contributed by atoms with Crippen molar-refractivity contribution >= 4 is 29.4 Å². The molecular formula is C17H19N5O4S. The minimum Gasteiger partial charge on any atom is -0.463 e. The molecule has 0 saturated heterocycles. The Morgan fingerprint density at radius 2 is 2.22 bits per heavy atom. The molecule has 0 aliphatic carbocycles. The molecule has 0 amide bonds. The molecule has 10 heteroatoms. The lowest BCUT2D eigenvalue weighted by Gasteiger charge is -2.27. The molecule has 142 valence electrons. The molecule has 0 spiro atoms. The number of fused-ring (bicyclic) bond motifs is 1. The molecule has 27 heavy (non-hydrogen) atoms. The first-order chi connectivity index (χ1) is 13.0. The molecule has 1 aromatic carbocycles. The van der Waals surface area contributed by atoms with Gasteiger partial charge in [-0.1, -0.05) is 30.8 Å². The smallest absolute Gasteiger partial charge is 0.338 e. The Morgan fingerprint density at radius 3 is 2.89 bits per heavy atom. The zero-order valence-corrected chi connectivity index (χ0v) is 15.9. The van der Waals surface area contributed by atoms with Gasteiger partial charge in [0.1, 0.15) is 6.04 Å². The number of nitrogens with zero attached hydrogens (tertiary/aromatic N) is 4. The predicted octanol–water partition coefficient (Wildman–Crippen LogP) is 3.15. The number of benzene rings is 1. The Balaban J connectivity index is 2.16. The number of esters is 1. The summed E-state index contributed by atoms with van der Waals surface area (Å²) in [4.78, 5) is 27.8. The first kappa shape index (κ1) is 18.9. The van der Waals surface area contributed by atoms with Crippen molar-refractivity contribution in [2.45, 2.75) is 32.0 Å². The van der Waals surface area contributed by atoms with E-state index in [-0.39, 0.29) is 12.3 Å². The van der Waals surface area contributed by atoms with Crippen molar-refractivity contribution < 1.29 is 14.5 Å². The molecule has 1 aliphatic heterocycles. The maximum atomic E-state index is 12.6. The van der Waals surface area contributed by atoms with E-state index in [9.17, 15) is 14.9 Å². The lowest BCUT2D eigenvalue weighted by Crippen LogP contribution is -2.29. The van der Waals surface area contributed by atoms with Gasteiger partial charge in [-0.25, -0.2) is 9.48 Å². The van der Waals surface area contributed by atoms with Crippen molar-refractivity contribution in [3.05, 3.63) is 51.2 Å². The van der Waals surface area contributed by atoms with Crippen molar-refractivity contribution in [1.82, 2.24) is 14.8 Å². The van der Waals surface area contributed by atoms with Gasteiger partial charge in [-0.05, 0) is 25.2 Å². The highest BCUT2D eigenvalue weighted by Crippen LogP contribution is 2.37. The van der Waals surface area contributed by atoms with E-state index in [0.717, 1.165) is 5.75 Å². The standard InChI is InChI=1S/C17H19N5O4S/c1-4-26-15(23)13-10(3)18-16-19-17(27-5-2)20-21(16)14(13)11-7-6-8-12(9-11)22(24)25/h6-9,14H,4-5H2,1-3H3,(H,18,19,20)/t14-/m0/s1. The first-order valence-electron chi connectivity index (χ1n) is 8.44. The Hall–Kier alpha value is -2.88. The van der Waals surface area contributed by atoms with Gasteiger partial charge in [0.2, 0.25) is 11.1 Å². The number of hydrogen-bond acceptors (Lipinski definition) is 8. The van der Waals surface area contributed by atoms with Gasteiger partial charge in [-0.3, -0.25) is 10.1 Å². The average Bonchev–Trinajstić information content (AvgIpc) is 3.03. The van der Waals surface area contributed by atoms with Crippen molar-refractivity contribution in [1.29, 1.82) is 0 Å². The summed E-state index contributed by atoms with van der Waals surface area (Å²) >= 11 is 1.47. The number of rotatable bonds is 6. The van der Waals surface area contributed by atoms with Crippen LogP contribution in [0.15, 0.2) is 40.7 Å². The van der Waals surface area contributed by atoms with Crippen molar-refractivity contribution in [2.75, 3.05) is 17.7 Å². The summed E-state index contributed by atoms with van der Waals surface area (Å²) in [5, 5.41) is 19.3. The Kier molecular flexibility index (Phi) is 5.45. The summed E-state index contributed by atoms with van der Waals surface area (Å²) in [6, 6.07) is 5.50. The largest absolute Gasteiger partial charge is 0.463 e. The van der Waals surface area contributed by atoms with Crippen molar-refractivity contribution in [2.24, 2.45) is 0 Å². The molecule has 0 radical (unpaired) electrons. The lowest BCUT2D eigenvalue weighted by molar-refractivity contribution is -0.384. The van der Waals surface area contributed by atoms with Crippen LogP contribution < -0.4 is 5.32 Å². The monoisotopic (exact) mass is 389 g/mol. The number of thioether (sulfide) groups is 1. The van der Waals surface area contributed by atoms with Crippen molar-refractivity contribution in [3.8, 4) is 0 Å². The Bertz CT molecular complexity index is 924. The van der Waals surface area contributed by atoms with E-state index in [1.807, 2.05) is 6.92 Å². The fourth-order valence-electron chi connectivity index (χ4n) is 2.91. The van der Waals surface area contributed by atoms with Crippen LogP contribution in [0.2, 0.25) is 0 Å². The summed E-state index contributed by atoms with van der Waals surface area (Å²) in [7, 11) is 0.